The zero-order valence-electron chi connectivity index (χ0n) is 14.4. The molecule has 0 atom stereocenters. The average Bonchev–Trinajstić information content (AvgIpc) is 2.64. The number of nitrogens with two attached hydrogens (primary N) is 1. The van der Waals surface area contributed by atoms with Crippen molar-refractivity contribution in [2.45, 2.75) is 13.0 Å². The van der Waals surface area contributed by atoms with Gasteiger partial charge in [0.15, 0.2) is 0 Å². The Hall–Kier alpha value is -2.51. The molecule has 1 aromatic carbocycles. The lowest BCUT2D eigenvalue weighted by atomic mass is 10.1. The summed E-state index contributed by atoms with van der Waals surface area (Å²) in [6.45, 7) is 2.00. The predicted octanol–water partition coefficient (Wildman–Crippen LogP) is 0.533. The van der Waals surface area contributed by atoms with E-state index in [4.69, 9.17) is 10.5 Å². The molecule has 0 fully saturated rings. The third kappa shape index (κ3) is 5.51. The van der Waals surface area contributed by atoms with Crippen molar-refractivity contribution in [3.63, 3.8) is 0 Å². The van der Waals surface area contributed by atoms with Gasteiger partial charge in [0.1, 0.15) is 5.69 Å². The molecule has 1 aromatic heterocycles. The summed E-state index contributed by atoms with van der Waals surface area (Å²) in [6, 6.07) is 12.8. The van der Waals surface area contributed by atoms with Crippen molar-refractivity contribution in [3.05, 3.63) is 64.1 Å². The van der Waals surface area contributed by atoms with Gasteiger partial charge in [0, 0.05) is 32.8 Å². The minimum absolute atomic E-state index is 0.229. The van der Waals surface area contributed by atoms with Gasteiger partial charge in [0.2, 0.25) is 0 Å². The number of ether oxygens (including phenoxy) is 1. The molecule has 1 heterocycles. The molecule has 2 rings (SSSR count). The zero-order valence-corrected chi connectivity index (χ0v) is 14.4. The van der Waals surface area contributed by atoms with E-state index in [0.29, 0.717) is 32.8 Å². The molecule has 0 aliphatic rings. The van der Waals surface area contributed by atoms with Crippen molar-refractivity contribution in [2.75, 3.05) is 33.4 Å². The summed E-state index contributed by atoms with van der Waals surface area (Å²) in [5.41, 5.74) is 6.77. The van der Waals surface area contributed by atoms with Crippen LogP contribution in [0, 0.1) is 0 Å². The van der Waals surface area contributed by atoms with E-state index in [1.807, 2.05) is 30.3 Å². The Morgan fingerprint density at radius 3 is 2.64 bits per heavy atom. The first kappa shape index (κ1) is 18.8. The third-order valence-corrected chi connectivity index (χ3v) is 3.79. The molecule has 0 radical (unpaired) electrons. The number of carbonyl (C=O) groups excluding carboxylic acids is 1. The van der Waals surface area contributed by atoms with E-state index in [-0.39, 0.29) is 17.2 Å². The van der Waals surface area contributed by atoms with E-state index < -0.39 is 0 Å². The first-order valence-corrected chi connectivity index (χ1v) is 8.26. The van der Waals surface area contributed by atoms with Crippen molar-refractivity contribution in [3.8, 4) is 0 Å². The van der Waals surface area contributed by atoms with Gasteiger partial charge in [-0.1, -0.05) is 30.3 Å². The minimum atomic E-state index is -0.261. The van der Waals surface area contributed by atoms with Crippen LogP contribution in [0.2, 0.25) is 0 Å². The number of benzene rings is 1. The Kier molecular flexibility index (Phi) is 7.31. The largest absolute Gasteiger partial charge is 0.383 e. The van der Waals surface area contributed by atoms with E-state index >= 15 is 0 Å². The standard InChI is InChI=1S/C18H24N4O3/c1-25-14-13-22-17(23)8-7-16(20-22)18(24)21(12-10-19)11-9-15-5-3-2-4-6-15/h2-8H,9-14,19H2,1H3. The summed E-state index contributed by atoms with van der Waals surface area (Å²) in [5, 5.41) is 4.16. The van der Waals surface area contributed by atoms with E-state index in [1.165, 1.54) is 16.8 Å². The Morgan fingerprint density at radius 1 is 1.20 bits per heavy atom. The van der Waals surface area contributed by atoms with Crippen LogP contribution >= 0.6 is 0 Å². The SMILES string of the molecule is COCCn1nc(C(=O)N(CCN)CCc2ccccc2)ccc1=O. The molecule has 0 saturated carbocycles. The van der Waals surface area contributed by atoms with Gasteiger partial charge in [-0.2, -0.15) is 5.10 Å². The highest BCUT2D eigenvalue weighted by molar-refractivity contribution is 5.92. The summed E-state index contributed by atoms with van der Waals surface area (Å²) >= 11 is 0. The second-order valence-electron chi connectivity index (χ2n) is 5.59. The first-order chi connectivity index (χ1) is 12.2. The number of amides is 1. The summed E-state index contributed by atoms with van der Waals surface area (Å²) < 4.78 is 6.21. The van der Waals surface area contributed by atoms with Crippen LogP contribution in [-0.4, -0.2) is 53.9 Å². The zero-order chi connectivity index (χ0) is 18.1. The first-order valence-electron chi connectivity index (χ1n) is 8.26. The summed E-state index contributed by atoms with van der Waals surface area (Å²) in [5.74, 6) is -0.229. The third-order valence-electron chi connectivity index (χ3n) is 3.79. The lowest BCUT2D eigenvalue weighted by Gasteiger charge is -2.22. The highest BCUT2D eigenvalue weighted by Crippen LogP contribution is 2.05. The number of methoxy groups -OCH3 is 1. The van der Waals surface area contributed by atoms with Crippen LogP contribution in [0.1, 0.15) is 16.1 Å². The second-order valence-corrected chi connectivity index (χ2v) is 5.59. The van der Waals surface area contributed by atoms with Crippen LogP contribution < -0.4 is 11.3 Å². The Morgan fingerprint density at radius 2 is 1.96 bits per heavy atom. The molecule has 0 bridgehead atoms. The fourth-order valence-electron chi connectivity index (χ4n) is 2.44. The highest BCUT2D eigenvalue weighted by Gasteiger charge is 2.17. The van der Waals surface area contributed by atoms with Crippen molar-refractivity contribution in [1.29, 1.82) is 0 Å². The number of rotatable bonds is 9. The molecule has 2 aromatic rings. The Labute approximate surface area is 147 Å². The maximum atomic E-state index is 12.8. The summed E-state index contributed by atoms with van der Waals surface area (Å²) in [7, 11) is 1.55. The van der Waals surface area contributed by atoms with Crippen molar-refractivity contribution in [1.82, 2.24) is 14.7 Å². The van der Waals surface area contributed by atoms with Gasteiger partial charge in [-0.25, -0.2) is 4.68 Å². The van der Waals surface area contributed by atoms with Crippen LogP contribution in [-0.2, 0) is 17.7 Å². The number of hydrogen-bond donors (Lipinski definition) is 1. The number of aromatic nitrogens is 2. The fraction of sp³-hybridized carbons (Fsp3) is 0.389. The molecule has 25 heavy (non-hydrogen) atoms. The van der Waals surface area contributed by atoms with E-state index in [0.717, 1.165) is 12.0 Å². The monoisotopic (exact) mass is 344 g/mol. The van der Waals surface area contributed by atoms with Gasteiger partial charge < -0.3 is 15.4 Å². The van der Waals surface area contributed by atoms with Gasteiger partial charge in [-0.15, -0.1) is 0 Å². The predicted molar refractivity (Wildman–Crippen MR) is 95.5 cm³/mol. The molecule has 1 amide bonds. The van der Waals surface area contributed by atoms with Crippen LogP contribution in [0.15, 0.2) is 47.3 Å². The lowest BCUT2D eigenvalue weighted by molar-refractivity contribution is 0.0752. The molecule has 0 saturated heterocycles. The van der Waals surface area contributed by atoms with Crippen LogP contribution in [0.3, 0.4) is 0 Å². The molecule has 0 aliphatic carbocycles. The van der Waals surface area contributed by atoms with Crippen LogP contribution in [0.25, 0.3) is 0 Å². The molecule has 7 heteroatoms. The Balaban J connectivity index is 2.12. The van der Waals surface area contributed by atoms with Crippen LogP contribution in [0.4, 0.5) is 0 Å². The van der Waals surface area contributed by atoms with E-state index in [9.17, 15) is 9.59 Å². The summed E-state index contributed by atoms with van der Waals surface area (Å²) in [4.78, 5) is 26.2. The van der Waals surface area contributed by atoms with E-state index in [2.05, 4.69) is 5.10 Å². The molecule has 0 aliphatic heterocycles. The number of carbonyl (C=O) groups is 1. The molecule has 2 N–H and O–H groups in total. The topological polar surface area (TPSA) is 90.5 Å². The quantitative estimate of drug-likeness (QED) is 0.717. The molecular formula is C18H24N4O3. The molecule has 0 spiro atoms. The summed E-state index contributed by atoms with van der Waals surface area (Å²) in [6.07, 6.45) is 0.732. The van der Waals surface area contributed by atoms with Gasteiger partial charge in [0.05, 0.1) is 13.2 Å². The normalized spacial score (nSPS) is 10.6. The molecular weight excluding hydrogens is 320 g/mol. The van der Waals surface area contributed by atoms with Crippen LogP contribution in [0.5, 0.6) is 0 Å². The maximum absolute atomic E-state index is 12.8. The average molecular weight is 344 g/mol. The number of nitrogens with zero attached hydrogens (tertiary/aromatic N) is 3. The second kappa shape index (κ2) is 9.71. The fourth-order valence-corrected chi connectivity index (χ4v) is 2.44. The number of hydrogen-bond acceptors (Lipinski definition) is 5. The molecule has 134 valence electrons. The van der Waals surface area contributed by atoms with Gasteiger partial charge in [-0.05, 0) is 18.1 Å². The molecule has 0 unspecified atom stereocenters. The highest BCUT2D eigenvalue weighted by atomic mass is 16.5. The smallest absolute Gasteiger partial charge is 0.274 e. The van der Waals surface area contributed by atoms with E-state index in [1.54, 1.807) is 12.0 Å². The van der Waals surface area contributed by atoms with Crippen molar-refractivity contribution < 1.29 is 9.53 Å². The molecule has 7 nitrogen and oxygen atoms in total. The maximum Gasteiger partial charge on any atom is 0.274 e. The Bertz CT molecular complexity index is 731. The van der Waals surface area contributed by atoms with Crippen molar-refractivity contribution >= 4 is 5.91 Å². The van der Waals surface area contributed by atoms with Gasteiger partial charge in [-0.3, -0.25) is 9.59 Å². The van der Waals surface area contributed by atoms with Crippen molar-refractivity contribution in [2.24, 2.45) is 5.73 Å². The van der Waals surface area contributed by atoms with Gasteiger partial charge >= 0.3 is 0 Å². The van der Waals surface area contributed by atoms with Gasteiger partial charge in [0.25, 0.3) is 11.5 Å². The lowest BCUT2D eigenvalue weighted by Crippen LogP contribution is -2.38. The minimum Gasteiger partial charge on any atom is -0.383 e.